The minimum atomic E-state index is -0.184. The third-order valence-electron chi connectivity index (χ3n) is 4.22. The molecule has 1 aliphatic carbocycles. The summed E-state index contributed by atoms with van der Waals surface area (Å²) in [6.45, 7) is 4.39. The first-order valence-corrected chi connectivity index (χ1v) is 7.38. The Kier molecular flexibility index (Phi) is 3.82. The van der Waals surface area contributed by atoms with Crippen LogP contribution in [0.3, 0.4) is 0 Å². The molecule has 6 nitrogen and oxygen atoms in total. The van der Waals surface area contributed by atoms with Crippen LogP contribution in [0.15, 0.2) is 14.9 Å². The van der Waals surface area contributed by atoms with Gasteiger partial charge in [0.25, 0.3) is 5.89 Å². The Bertz CT molecular complexity index is 611. The molecule has 0 amide bonds. The average molecular weight is 291 g/mol. The fourth-order valence-corrected chi connectivity index (χ4v) is 2.98. The van der Waals surface area contributed by atoms with Crippen LogP contribution in [0.25, 0.3) is 11.5 Å². The van der Waals surface area contributed by atoms with Crippen LogP contribution in [0.5, 0.6) is 0 Å². The predicted molar refractivity (Wildman–Crippen MR) is 76.6 cm³/mol. The summed E-state index contributed by atoms with van der Waals surface area (Å²) in [7, 11) is 0. The monoisotopic (exact) mass is 291 g/mol. The highest BCUT2D eigenvalue weighted by Gasteiger charge is 2.32. The van der Waals surface area contributed by atoms with Gasteiger partial charge in [-0.25, -0.2) is 0 Å². The lowest BCUT2D eigenvalue weighted by Gasteiger charge is -2.27. The Morgan fingerprint density at radius 3 is 2.62 bits per heavy atom. The maximum atomic E-state index is 9.58. The Balaban J connectivity index is 1.69. The topological polar surface area (TPSA) is 84.3 Å². The zero-order chi connectivity index (χ0) is 14.9. The number of hydrogen-bond acceptors (Lipinski definition) is 6. The van der Waals surface area contributed by atoms with Crippen LogP contribution in [0, 0.1) is 13.8 Å². The minimum absolute atomic E-state index is 0.147. The highest BCUT2D eigenvalue weighted by molar-refractivity contribution is 5.55. The van der Waals surface area contributed by atoms with Gasteiger partial charge >= 0.3 is 0 Å². The van der Waals surface area contributed by atoms with Gasteiger partial charge in [0.15, 0.2) is 0 Å². The second-order valence-electron chi connectivity index (χ2n) is 5.83. The number of rotatable bonds is 5. The first-order chi connectivity index (χ1) is 10.1. The Hall–Kier alpha value is -1.66. The number of aliphatic hydroxyl groups excluding tert-OH is 1. The molecule has 21 heavy (non-hydrogen) atoms. The molecular formula is C15H21N3O3. The van der Waals surface area contributed by atoms with E-state index in [1.54, 1.807) is 0 Å². The number of furan rings is 1. The third kappa shape index (κ3) is 2.87. The second-order valence-corrected chi connectivity index (χ2v) is 5.83. The summed E-state index contributed by atoms with van der Waals surface area (Å²) in [6.07, 6.45) is 4.28. The fraction of sp³-hybridized carbons (Fsp3) is 0.600. The smallest absolute Gasteiger partial charge is 0.251 e. The summed E-state index contributed by atoms with van der Waals surface area (Å²) >= 11 is 0. The van der Waals surface area contributed by atoms with E-state index in [4.69, 9.17) is 8.83 Å². The Morgan fingerprint density at radius 2 is 2.00 bits per heavy atom. The lowest BCUT2D eigenvalue weighted by molar-refractivity contribution is 0.159. The van der Waals surface area contributed by atoms with Crippen LogP contribution in [0.1, 0.15) is 43.1 Å². The van der Waals surface area contributed by atoms with Gasteiger partial charge in [0, 0.05) is 5.54 Å². The molecule has 3 rings (SSSR count). The molecule has 1 aliphatic rings. The van der Waals surface area contributed by atoms with E-state index < -0.39 is 0 Å². The van der Waals surface area contributed by atoms with Gasteiger partial charge < -0.3 is 19.3 Å². The number of nitrogens with one attached hydrogen (secondary N) is 1. The summed E-state index contributed by atoms with van der Waals surface area (Å²) in [6, 6.07) is 1.90. The molecule has 0 aliphatic heterocycles. The largest absolute Gasteiger partial charge is 0.466 e. The van der Waals surface area contributed by atoms with Gasteiger partial charge in [0.05, 0.1) is 18.7 Å². The van der Waals surface area contributed by atoms with Gasteiger partial charge in [-0.2, -0.15) is 0 Å². The molecule has 0 bridgehead atoms. The molecule has 2 aromatic rings. The van der Waals surface area contributed by atoms with Gasteiger partial charge in [0.2, 0.25) is 5.89 Å². The number of aryl methyl sites for hydroxylation is 2. The Labute approximate surface area is 123 Å². The van der Waals surface area contributed by atoms with Crippen LogP contribution in [-0.4, -0.2) is 27.4 Å². The van der Waals surface area contributed by atoms with Crippen LogP contribution in [-0.2, 0) is 6.54 Å². The van der Waals surface area contributed by atoms with E-state index in [0.29, 0.717) is 18.3 Å². The van der Waals surface area contributed by atoms with Crippen molar-refractivity contribution in [2.45, 2.75) is 51.6 Å². The minimum Gasteiger partial charge on any atom is -0.466 e. The molecule has 114 valence electrons. The molecule has 6 heteroatoms. The van der Waals surface area contributed by atoms with Gasteiger partial charge in [-0.15, -0.1) is 10.2 Å². The number of nitrogens with zero attached hydrogens (tertiary/aromatic N) is 2. The number of aliphatic hydroxyl groups is 1. The molecule has 0 atom stereocenters. The molecule has 2 aromatic heterocycles. The van der Waals surface area contributed by atoms with Crippen molar-refractivity contribution in [2.24, 2.45) is 0 Å². The molecule has 2 heterocycles. The standard InChI is InChI=1S/C15H21N3O3/c1-10-7-12(11(2)20-10)14-18-17-13(21-14)8-16-15(9-19)5-3-4-6-15/h7,16,19H,3-6,8-9H2,1-2H3. The van der Waals surface area contributed by atoms with Crippen molar-refractivity contribution < 1.29 is 13.9 Å². The normalized spacial score (nSPS) is 17.5. The fourth-order valence-electron chi connectivity index (χ4n) is 2.98. The molecule has 0 unspecified atom stereocenters. The summed E-state index contributed by atoms with van der Waals surface area (Å²) < 4.78 is 11.2. The van der Waals surface area contributed by atoms with Crippen molar-refractivity contribution in [3.63, 3.8) is 0 Å². The summed E-state index contributed by atoms with van der Waals surface area (Å²) in [5.41, 5.74) is 0.653. The molecule has 0 aromatic carbocycles. The van der Waals surface area contributed by atoms with Crippen molar-refractivity contribution in [1.29, 1.82) is 0 Å². The molecule has 1 saturated carbocycles. The van der Waals surface area contributed by atoms with Gasteiger partial charge in [-0.05, 0) is 32.8 Å². The Morgan fingerprint density at radius 1 is 1.24 bits per heavy atom. The van der Waals surface area contributed by atoms with Crippen molar-refractivity contribution >= 4 is 0 Å². The molecule has 0 spiro atoms. The predicted octanol–water partition coefficient (Wildman–Crippen LogP) is 2.34. The molecule has 0 saturated heterocycles. The first kappa shape index (κ1) is 14.3. The van der Waals surface area contributed by atoms with Crippen LogP contribution < -0.4 is 5.32 Å². The average Bonchev–Trinajstić information content (AvgIpc) is 3.17. The molecule has 2 N–H and O–H groups in total. The van der Waals surface area contributed by atoms with Crippen molar-refractivity contribution in [3.8, 4) is 11.5 Å². The van der Waals surface area contributed by atoms with Gasteiger partial charge in [0.1, 0.15) is 11.5 Å². The summed E-state index contributed by atoms with van der Waals surface area (Å²) in [4.78, 5) is 0. The lowest BCUT2D eigenvalue weighted by Crippen LogP contribution is -2.45. The van der Waals surface area contributed by atoms with E-state index >= 15 is 0 Å². The van der Waals surface area contributed by atoms with Gasteiger partial charge in [-0.3, -0.25) is 0 Å². The summed E-state index contributed by atoms with van der Waals surface area (Å²) in [5, 5.41) is 21.1. The van der Waals surface area contributed by atoms with E-state index in [1.165, 1.54) is 0 Å². The van der Waals surface area contributed by atoms with E-state index in [0.717, 1.165) is 42.8 Å². The van der Waals surface area contributed by atoms with Crippen molar-refractivity contribution in [2.75, 3.05) is 6.61 Å². The van der Waals surface area contributed by atoms with Crippen LogP contribution >= 0.6 is 0 Å². The highest BCUT2D eigenvalue weighted by atomic mass is 16.4. The second kappa shape index (κ2) is 5.61. The molecular weight excluding hydrogens is 270 g/mol. The van der Waals surface area contributed by atoms with Gasteiger partial charge in [-0.1, -0.05) is 12.8 Å². The zero-order valence-corrected chi connectivity index (χ0v) is 12.5. The van der Waals surface area contributed by atoms with Crippen LogP contribution in [0.2, 0.25) is 0 Å². The van der Waals surface area contributed by atoms with Crippen molar-refractivity contribution in [3.05, 3.63) is 23.5 Å². The maximum absolute atomic E-state index is 9.58. The molecule has 0 radical (unpaired) electrons. The number of aromatic nitrogens is 2. The summed E-state index contributed by atoms with van der Waals surface area (Å²) in [5.74, 6) is 2.61. The highest BCUT2D eigenvalue weighted by Crippen LogP contribution is 2.30. The molecule has 1 fully saturated rings. The van der Waals surface area contributed by atoms with Crippen LogP contribution in [0.4, 0.5) is 0 Å². The quantitative estimate of drug-likeness (QED) is 0.879. The van der Waals surface area contributed by atoms with E-state index in [-0.39, 0.29) is 12.1 Å². The third-order valence-corrected chi connectivity index (χ3v) is 4.22. The van der Waals surface area contributed by atoms with Crippen molar-refractivity contribution in [1.82, 2.24) is 15.5 Å². The number of hydrogen-bond donors (Lipinski definition) is 2. The SMILES string of the molecule is Cc1cc(-c2nnc(CNC3(CO)CCCC3)o2)c(C)o1. The zero-order valence-electron chi connectivity index (χ0n) is 12.5. The lowest BCUT2D eigenvalue weighted by atomic mass is 9.99. The maximum Gasteiger partial charge on any atom is 0.251 e. The van der Waals surface area contributed by atoms with E-state index in [2.05, 4.69) is 15.5 Å². The first-order valence-electron chi connectivity index (χ1n) is 7.38. The van der Waals surface area contributed by atoms with E-state index in [1.807, 2.05) is 19.9 Å². The van der Waals surface area contributed by atoms with E-state index in [9.17, 15) is 5.11 Å².